The molecule has 0 unspecified atom stereocenters. The molecule has 2 heterocycles. The van der Waals surface area contributed by atoms with Crippen LogP contribution in [0.2, 0.25) is 0 Å². The first-order valence-electron chi connectivity index (χ1n) is 11.3. The maximum absolute atomic E-state index is 12.8. The van der Waals surface area contributed by atoms with Crippen molar-refractivity contribution in [1.82, 2.24) is 9.97 Å². The van der Waals surface area contributed by atoms with Crippen LogP contribution in [0.3, 0.4) is 0 Å². The zero-order valence-corrected chi connectivity index (χ0v) is 23.4. The molecule has 0 amide bonds. The van der Waals surface area contributed by atoms with Crippen LogP contribution >= 0.6 is 45.2 Å². The second kappa shape index (κ2) is 9.82. The number of nitrogens with zero attached hydrogens (tertiary/aromatic N) is 2. The maximum Gasteiger partial charge on any atom is 0.347 e. The highest BCUT2D eigenvalue weighted by atomic mass is 127. The third-order valence-electron chi connectivity index (χ3n) is 6.00. The Morgan fingerprint density at radius 2 is 1.03 bits per heavy atom. The second-order valence-electron chi connectivity index (χ2n) is 8.45. The van der Waals surface area contributed by atoms with Crippen molar-refractivity contribution in [2.75, 3.05) is 0 Å². The smallest absolute Gasteiger partial charge is 0.347 e. The molecule has 0 saturated carbocycles. The van der Waals surface area contributed by atoms with E-state index in [0.29, 0.717) is 40.0 Å². The Labute approximate surface area is 237 Å². The lowest BCUT2D eigenvalue weighted by Gasteiger charge is -2.07. The number of rotatable bonds is 4. The Balaban J connectivity index is 1.34. The molecule has 0 spiro atoms. The van der Waals surface area contributed by atoms with E-state index in [9.17, 15) is 9.59 Å². The largest absolute Gasteiger partial charge is 0.403 e. The highest BCUT2D eigenvalue weighted by Gasteiger charge is 2.14. The van der Waals surface area contributed by atoms with E-state index in [1.54, 1.807) is 12.1 Å². The topological polar surface area (TPSA) is 86.2 Å². The summed E-state index contributed by atoms with van der Waals surface area (Å²) in [5, 5.41) is 0.826. The molecule has 0 N–H and O–H groups in total. The first kappa shape index (κ1) is 24.0. The van der Waals surface area contributed by atoms with Crippen LogP contribution in [0.4, 0.5) is 0 Å². The molecule has 180 valence electrons. The molecule has 6 nitrogen and oxygen atoms in total. The fraction of sp³-hybridized carbons (Fsp3) is 0.0345. The van der Waals surface area contributed by atoms with Gasteiger partial charge in [0.1, 0.15) is 0 Å². The molecular weight excluding hydrogens is 694 g/mol. The van der Waals surface area contributed by atoms with Gasteiger partial charge in [-0.15, -0.1) is 0 Å². The number of hydrogen-bond acceptors (Lipinski definition) is 6. The van der Waals surface area contributed by atoms with Crippen molar-refractivity contribution < 1.29 is 8.83 Å². The van der Waals surface area contributed by atoms with Crippen molar-refractivity contribution in [2.45, 2.75) is 6.42 Å². The first-order valence-corrected chi connectivity index (χ1v) is 13.5. The van der Waals surface area contributed by atoms with Gasteiger partial charge in [-0.05, 0) is 111 Å². The summed E-state index contributed by atoms with van der Waals surface area (Å²) in [5.74, 6) is 0.599. The van der Waals surface area contributed by atoms with Gasteiger partial charge in [-0.25, -0.2) is 19.6 Å². The molecule has 4 aromatic carbocycles. The standard InChI is InChI=1S/C29H16I2N2O4/c30-22-7-3-1-5-18(22)26-32-24-11-9-16(14-20(24)28(34)36-26)13-17-10-12-25-21(15-17)29(35)37-27(33-25)19-6-2-4-8-23(19)31/h1-12,14-15H,13H2. The molecule has 0 bridgehead atoms. The lowest BCUT2D eigenvalue weighted by atomic mass is 10.0. The molecule has 0 atom stereocenters. The van der Waals surface area contributed by atoms with Crippen LogP contribution in [-0.4, -0.2) is 9.97 Å². The lowest BCUT2D eigenvalue weighted by molar-refractivity contribution is 0.517. The Morgan fingerprint density at radius 3 is 1.46 bits per heavy atom. The maximum atomic E-state index is 12.8. The summed E-state index contributed by atoms with van der Waals surface area (Å²) in [7, 11) is 0. The van der Waals surface area contributed by atoms with Gasteiger partial charge < -0.3 is 8.83 Å². The van der Waals surface area contributed by atoms with Crippen LogP contribution < -0.4 is 11.3 Å². The van der Waals surface area contributed by atoms with E-state index in [1.807, 2.05) is 72.8 Å². The fourth-order valence-electron chi connectivity index (χ4n) is 4.19. The number of aromatic nitrogens is 2. The molecule has 0 fully saturated rings. The summed E-state index contributed by atoms with van der Waals surface area (Å²) in [6, 6.07) is 26.3. The minimum Gasteiger partial charge on any atom is -0.403 e. The normalized spacial score (nSPS) is 11.3. The molecule has 0 aliphatic carbocycles. The van der Waals surface area contributed by atoms with Gasteiger partial charge in [0.25, 0.3) is 0 Å². The SMILES string of the molecule is O=c1oc(-c2ccccc2I)nc2ccc(Cc3ccc4nc(-c5ccccc5I)oc(=O)c4c3)cc12. The van der Waals surface area contributed by atoms with Crippen molar-refractivity contribution in [3.63, 3.8) is 0 Å². The fourth-order valence-corrected chi connectivity index (χ4v) is 5.43. The summed E-state index contributed by atoms with van der Waals surface area (Å²) in [4.78, 5) is 34.8. The van der Waals surface area contributed by atoms with Crippen LogP contribution in [0, 0.1) is 7.14 Å². The highest BCUT2D eigenvalue weighted by Crippen LogP contribution is 2.26. The van der Waals surface area contributed by atoms with E-state index in [-0.39, 0.29) is 0 Å². The Hall–Kier alpha value is -3.38. The average molecular weight is 710 g/mol. The van der Waals surface area contributed by atoms with Gasteiger partial charge in [0.2, 0.25) is 11.8 Å². The van der Waals surface area contributed by atoms with Gasteiger partial charge >= 0.3 is 11.3 Å². The molecule has 6 aromatic rings. The minimum atomic E-state index is -0.437. The summed E-state index contributed by atoms with van der Waals surface area (Å²) < 4.78 is 13.0. The second-order valence-corrected chi connectivity index (χ2v) is 10.8. The Morgan fingerprint density at radius 1 is 0.595 bits per heavy atom. The zero-order valence-electron chi connectivity index (χ0n) is 19.1. The van der Waals surface area contributed by atoms with Gasteiger partial charge in [-0.3, -0.25) is 0 Å². The van der Waals surface area contributed by atoms with Crippen LogP contribution in [0.15, 0.2) is 103 Å². The van der Waals surface area contributed by atoms with Crippen molar-refractivity contribution in [2.24, 2.45) is 0 Å². The number of halogens is 2. The van der Waals surface area contributed by atoms with Gasteiger partial charge in [0, 0.05) is 7.14 Å². The molecule has 0 saturated heterocycles. The van der Waals surface area contributed by atoms with Gasteiger partial charge in [0.15, 0.2) is 0 Å². The summed E-state index contributed by atoms with van der Waals surface area (Å²) >= 11 is 4.39. The highest BCUT2D eigenvalue weighted by molar-refractivity contribution is 14.1. The third kappa shape index (κ3) is 4.71. The summed E-state index contributed by atoms with van der Waals surface area (Å²) in [5.41, 5.74) is 3.62. The molecule has 2 aromatic heterocycles. The van der Waals surface area contributed by atoms with Crippen LogP contribution in [0.5, 0.6) is 0 Å². The molecule has 8 heteroatoms. The quantitative estimate of drug-likeness (QED) is 0.187. The third-order valence-corrected chi connectivity index (χ3v) is 7.88. The molecule has 37 heavy (non-hydrogen) atoms. The minimum absolute atomic E-state index is 0.300. The van der Waals surface area contributed by atoms with Gasteiger partial charge in [0.05, 0.1) is 32.9 Å². The monoisotopic (exact) mass is 710 g/mol. The van der Waals surface area contributed by atoms with E-state index >= 15 is 0 Å². The van der Waals surface area contributed by atoms with E-state index < -0.39 is 11.3 Å². The average Bonchev–Trinajstić information content (AvgIpc) is 2.90. The van der Waals surface area contributed by atoms with E-state index in [4.69, 9.17) is 8.83 Å². The number of hydrogen-bond donors (Lipinski definition) is 0. The zero-order chi connectivity index (χ0) is 25.5. The molecule has 0 aliphatic heterocycles. The molecule has 0 aliphatic rings. The van der Waals surface area contributed by atoms with E-state index in [2.05, 4.69) is 55.1 Å². The first-order chi connectivity index (χ1) is 18.0. The number of fused-ring (bicyclic) bond motifs is 2. The van der Waals surface area contributed by atoms with Crippen molar-refractivity contribution in [1.29, 1.82) is 0 Å². The van der Waals surface area contributed by atoms with Crippen molar-refractivity contribution >= 4 is 67.0 Å². The van der Waals surface area contributed by atoms with Crippen molar-refractivity contribution in [3.05, 3.63) is 124 Å². The van der Waals surface area contributed by atoms with E-state index in [0.717, 1.165) is 29.4 Å². The summed E-state index contributed by atoms with van der Waals surface area (Å²) in [6.07, 6.45) is 0.515. The predicted molar refractivity (Wildman–Crippen MR) is 160 cm³/mol. The Kier molecular flexibility index (Phi) is 6.37. The number of benzene rings is 4. The molecule has 0 radical (unpaired) electrons. The predicted octanol–water partition coefficient (Wildman–Crippen LogP) is 6.82. The Bertz CT molecular complexity index is 1810. The lowest BCUT2D eigenvalue weighted by Crippen LogP contribution is -2.05. The van der Waals surface area contributed by atoms with Gasteiger partial charge in [-0.1, -0.05) is 36.4 Å². The molecule has 6 rings (SSSR count). The van der Waals surface area contributed by atoms with Crippen LogP contribution in [-0.2, 0) is 6.42 Å². The van der Waals surface area contributed by atoms with Crippen LogP contribution in [0.25, 0.3) is 44.7 Å². The van der Waals surface area contributed by atoms with Crippen LogP contribution in [0.1, 0.15) is 11.1 Å². The van der Waals surface area contributed by atoms with Gasteiger partial charge in [-0.2, -0.15) is 0 Å². The van der Waals surface area contributed by atoms with E-state index in [1.165, 1.54) is 0 Å². The molecular formula is C29H16I2N2O4. The summed E-state index contributed by atoms with van der Waals surface area (Å²) in [6.45, 7) is 0. The van der Waals surface area contributed by atoms with Crippen molar-refractivity contribution in [3.8, 4) is 22.9 Å².